The van der Waals surface area contributed by atoms with Crippen LogP contribution in [0.25, 0.3) is 11.0 Å². The maximum absolute atomic E-state index is 13.0. The van der Waals surface area contributed by atoms with E-state index in [0.717, 1.165) is 17.0 Å². The summed E-state index contributed by atoms with van der Waals surface area (Å²) in [5.74, 6) is 1.53. The van der Waals surface area contributed by atoms with E-state index in [0.29, 0.717) is 56.1 Å². The summed E-state index contributed by atoms with van der Waals surface area (Å²) >= 11 is 0. The number of rotatable bonds is 5. The first-order valence-corrected chi connectivity index (χ1v) is 10.5. The summed E-state index contributed by atoms with van der Waals surface area (Å²) in [5, 5.41) is 4.36. The van der Waals surface area contributed by atoms with Gasteiger partial charge in [-0.2, -0.15) is 5.10 Å². The van der Waals surface area contributed by atoms with E-state index in [4.69, 9.17) is 9.72 Å². The molecule has 0 aliphatic carbocycles. The first-order valence-electron chi connectivity index (χ1n) is 10.5. The van der Waals surface area contributed by atoms with Gasteiger partial charge < -0.3 is 14.5 Å². The summed E-state index contributed by atoms with van der Waals surface area (Å²) < 4.78 is 8.47. The fraction of sp³-hybridized carbons (Fsp3) is 0.455. The van der Waals surface area contributed by atoms with Crippen molar-refractivity contribution in [3.05, 3.63) is 45.9 Å². The van der Waals surface area contributed by atoms with Crippen LogP contribution in [0.3, 0.4) is 0 Å². The molecule has 0 radical (unpaired) electrons. The molecular formula is C22H28N6O3. The van der Waals surface area contributed by atoms with Crippen molar-refractivity contribution in [3.8, 4) is 5.75 Å². The predicted octanol–water partition coefficient (Wildman–Crippen LogP) is 1.36. The SMILES string of the molecule is CCn1c(N2CCN(C(=O)Cc3ccc(OC)cc3)CC2)nc2c(C)nn(C)c2c1=O. The van der Waals surface area contributed by atoms with E-state index in [9.17, 15) is 9.59 Å². The van der Waals surface area contributed by atoms with Gasteiger partial charge in [-0.25, -0.2) is 4.98 Å². The van der Waals surface area contributed by atoms with Crippen LogP contribution in [0.1, 0.15) is 18.2 Å². The van der Waals surface area contributed by atoms with Crippen LogP contribution in [0.2, 0.25) is 0 Å². The van der Waals surface area contributed by atoms with E-state index >= 15 is 0 Å². The van der Waals surface area contributed by atoms with E-state index in [1.54, 1.807) is 23.4 Å². The number of methoxy groups -OCH3 is 1. The van der Waals surface area contributed by atoms with Crippen molar-refractivity contribution in [2.24, 2.45) is 7.05 Å². The highest BCUT2D eigenvalue weighted by Crippen LogP contribution is 2.19. The van der Waals surface area contributed by atoms with E-state index in [1.165, 1.54) is 0 Å². The van der Waals surface area contributed by atoms with Gasteiger partial charge in [-0.15, -0.1) is 0 Å². The molecule has 4 rings (SSSR count). The summed E-state index contributed by atoms with van der Waals surface area (Å²) in [5.41, 5.74) is 2.80. The van der Waals surface area contributed by atoms with Gasteiger partial charge in [0.1, 0.15) is 11.3 Å². The van der Waals surface area contributed by atoms with Crippen molar-refractivity contribution in [1.29, 1.82) is 0 Å². The van der Waals surface area contributed by atoms with Gasteiger partial charge in [-0.05, 0) is 31.5 Å². The first-order chi connectivity index (χ1) is 14.9. The maximum Gasteiger partial charge on any atom is 0.281 e. The molecule has 2 aromatic heterocycles. The Morgan fingerprint density at radius 3 is 2.42 bits per heavy atom. The Kier molecular flexibility index (Phi) is 5.67. The highest BCUT2D eigenvalue weighted by molar-refractivity contribution is 5.79. The van der Waals surface area contributed by atoms with Crippen LogP contribution in [0.4, 0.5) is 5.95 Å². The van der Waals surface area contributed by atoms with Crippen LogP contribution < -0.4 is 15.2 Å². The standard InChI is InChI=1S/C22H28N6O3/c1-5-28-21(30)20-19(15(2)24-25(20)3)23-22(28)27-12-10-26(11-13-27)18(29)14-16-6-8-17(31-4)9-7-16/h6-9H,5,10-14H2,1-4H3. The lowest BCUT2D eigenvalue weighted by atomic mass is 10.1. The third kappa shape index (κ3) is 3.87. The molecule has 0 unspecified atom stereocenters. The summed E-state index contributed by atoms with van der Waals surface area (Å²) in [6, 6.07) is 7.57. The van der Waals surface area contributed by atoms with Crippen LogP contribution in [0.5, 0.6) is 5.75 Å². The van der Waals surface area contributed by atoms with Crippen molar-refractivity contribution in [3.63, 3.8) is 0 Å². The fourth-order valence-electron chi connectivity index (χ4n) is 4.11. The van der Waals surface area contributed by atoms with Gasteiger partial charge in [0.25, 0.3) is 5.56 Å². The molecule has 0 bridgehead atoms. The molecule has 0 spiro atoms. The van der Waals surface area contributed by atoms with Crippen molar-refractivity contribution < 1.29 is 9.53 Å². The van der Waals surface area contributed by atoms with Gasteiger partial charge >= 0.3 is 0 Å². The largest absolute Gasteiger partial charge is 0.497 e. The molecule has 31 heavy (non-hydrogen) atoms. The number of fused-ring (bicyclic) bond motifs is 1. The maximum atomic E-state index is 13.0. The average Bonchev–Trinajstić information content (AvgIpc) is 3.07. The van der Waals surface area contributed by atoms with Crippen molar-refractivity contribution in [2.75, 3.05) is 38.2 Å². The Hall–Kier alpha value is -3.36. The highest BCUT2D eigenvalue weighted by atomic mass is 16.5. The molecular weight excluding hydrogens is 396 g/mol. The molecule has 9 nitrogen and oxygen atoms in total. The minimum Gasteiger partial charge on any atom is -0.497 e. The number of amides is 1. The van der Waals surface area contributed by atoms with Crippen molar-refractivity contribution in [1.82, 2.24) is 24.2 Å². The Morgan fingerprint density at radius 1 is 1.13 bits per heavy atom. The van der Waals surface area contributed by atoms with E-state index < -0.39 is 0 Å². The molecule has 3 aromatic rings. The lowest BCUT2D eigenvalue weighted by Crippen LogP contribution is -2.50. The van der Waals surface area contributed by atoms with E-state index in [-0.39, 0.29) is 11.5 Å². The number of nitrogens with zero attached hydrogens (tertiary/aromatic N) is 6. The molecule has 1 amide bonds. The molecule has 9 heteroatoms. The number of aryl methyl sites for hydroxylation is 2. The summed E-state index contributed by atoms with van der Waals surface area (Å²) in [4.78, 5) is 34.6. The van der Waals surface area contributed by atoms with Gasteiger partial charge in [0.2, 0.25) is 11.9 Å². The third-order valence-corrected chi connectivity index (χ3v) is 5.84. The number of carbonyl (C=O) groups is 1. The van der Waals surface area contributed by atoms with Crippen molar-refractivity contribution >= 4 is 22.9 Å². The summed E-state index contributed by atoms with van der Waals surface area (Å²) in [7, 11) is 3.39. The summed E-state index contributed by atoms with van der Waals surface area (Å²) in [6.45, 7) is 6.79. The molecule has 0 atom stereocenters. The zero-order valence-electron chi connectivity index (χ0n) is 18.5. The Labute approximate surface area is 180 Å². The second-order valence-corrected chi connectivity index (χ2v) is 7.76. The highest BCUT2D eigenvalue weighted by Gasteiger charge is 2.25. The monoisotopic (exact) mass is 424 g/mol. The van der Waals surface area contributed by atoms with Gasteiger partial charge in [-0.1, -0.05) is 12.1 Å². The fourth-order valence-corrected chi connectivity index (χ4v) is 4.11. The smallest absolute Gasteiger partial charge is 0.281 e. The van der Waals surface area contributed by atoms with Gasteiger partial charge in [0.15, 0.2) is 5.52 Å². The van der Waals surface area contributed by atoms with Gasteiger partial charge in [0.05, 0.1) is 19.2 Å². The molecule has 1 saturated heterocycles. The Morgan fingerprint density at radius 2 is 1.81 bits per heavy atom. The van der Waals surface area contributed by atoms with Crippen LogP contribution in [-0.2, 0) is 24.8 Å². The molecule has 1 aliphatic rings. The van der Waals surface area contributed by atoms with Gasteiger partial charge in [-0.3, -0.25) is 18.8 Å². The number of hydrogen-bond acceptors (Lipinski definition) is 6. The molecule has 164 valence electrons. The number of aromatic nitrogens is 4. The number of piperazine rings is 1. The minimum absolute atomic E-state index is 0.0800. The molecule has 0 saturated carbocycles. The van der Waals surface area contributed by atoms with Crippen LogP contribution in [0.15, 0.2) is 29.1 Å². The summed E-state index contributed by atoms with van der Waals surface area (Å²) in [6.07, 6.45) is 0.364. The molecule has 1 aliphatic heterocycles. The topological polar surface area (TPSA) is 85.5 Å². The molecule has 1 fully saturated rings. The number of anilines is 1. The van der Waals surface area contributed by atoms with E-state index in [2.05, 4.69) is 10.00 Å². The van der Waals surface area contributed by atoms with Crippen LogP contribution >= 0.6 is 0 Å². The molecule has 1 aromatic carbocycles. The van der Waals surface area contributed by atoms with Crippen LogP contribution in [0, 0.1) is 6.92 Å². The number of benzene rings is 1. The zero-order valence-corrected chi connectivity index (χ0v) is 18.5. The minimum atomic E-state index is -0.0800. The molecule has 3 heterocycles. The predicted molar refractivity (Wildman–Crippen MR) is 119 cm³/mol. The number of ether oxygens (including phenoxy) is 1. The zero-order chi connectivity index (χ0) is 22.1. The lowest BCUT2D eigenvalue weighted by molar-refractivity contribution is -0.130. The quantitative estimate of drug-likeness (QED) is 0.615. The number of carbonyl (C=O) groups excluding carboxylic acids is 1. The Bertz CT molecular complexity index is 1160. The second kappa shape index (κ2) is 8.41. The first kappa shape index (κ1) is 20.9. The number of hydrogen-bond donors (Lipinski definition) is 0. The van der Waals surface area contributed by atoms with Gasteiger partial charge in [0, 0.05) is 39.8 Å². The lowest BCUT2D eigenvalue weighted by Gasteiger charge is -2.36. The van der Waals surface area contributed by atoms with E-state index in [1.807, 2.05) is 43.0 Å². The normalized spacial score (nSPS) is 14.3. The van der Waals surface area contributed by atoms with Crippen molar-refractivity contribution in [2.45, 2.75) is 26.8 Å². The van der Waals surface area contributed by atoms with Crippen LogP contribution in [-0.4, -0.2) is 63.4 Å². The third-order valence-electron chi connectivity index (χ3n) is 5.84. The Balaban J connectivity index is 1.49. The second-order valence-electron chi connectivity index (χ2n) is 7.76. The molecule has 0 N–H and O–H groups in total. The average molecular weight is 425 g/mol.